The Hall–Kier alpha value is -1.98. The van der Waals surface area contributed by atoms with E-state index in [1.807, 2.05) is 29.7 Å². The number of nitrogens with zero attached hydrogens (tertiary/aromatic N) is 2. The van der Waals surface area contributed by atoms with Gasteiger partial charge in [0.25, 0.3) is 5.91 Å². The van der Waals surface area contributed by atoms with Crippen molar-refractivity contribution in [2.75, 3.05) is 19.6 Å². The quantitative estimate of drug-likeness (QED) is 0.807. The smallest absolute Gasteiger partial charge is 0.410 e. The minimum Gasteiger partial charge on any atom is -0.466 e. The van der Waals surface area contributed by atoms with E-state index >= 15 is 0 Å². The Morgan fingerprint density at radius 1 is 1.15 bits per heavy atom. The Kier molecular flexibility index (Phi) is 4.45. The van der Waals surface area contributed by atoms with Crippen LogP contribution in [0.4, 0.5) is 4.79 Å². The van der Waals surface area contributed by atoms with E-state index in [1.54, 1.807) is 0 Å². The van der Waals surface area contributed by atoms with Crippen molar-refractivity contribution in [3.63, 3.8) is 0 Å². The SMILES string of the molecule is Cc1cc(C(=O)N2CCC(N3CC4(CCCCC4)OC3=O)CC2)c(C)o1. The van der Waals surface area contributed by atoms with E-state index in [0.29, 0.717) is 24.4 Å². The molecule has 2 amide bonds. The molecule has 1 aliphatic carbocycles. The molecule has 3 fully saturated rings. The molecule has 0 atom stereocenters. The monoisotopic (exact) mass is 360 g/mol. The molecule has 0 bridgehead atoms. The zero-order chi connectivity index (χ0) is 18.3. The number of aryl methyl sites for hydroxylation is 2. The zero-order valence-corrected chi connectivity index (χ0v) is 15.8. The maximum atomic E-state index is 12.7. The Morgan fingerprint density at radius 3 is 2.46 bits per heavy atom. The van der Waals surface area contributed by atoms with Gasteiger partial charge < -0.3 is 19.0 Å². The van der Waals surface area contributed by atoms with Crippen molar-refractivity contribution in [1.82, 2.24) is 9.80 Å². The first-order valence-electron chi connectivity index (χ1n) is 9.83. The second kappa shape index (κ2) is 6.63. The first-order valence-corrected chi connectivity index (χ1v) is 9.83. The van der Waals surface area contributed by atoms with Gasteiger partial charge in [-0.1, -0.05) is 6.42 Å². The van der Waals surface area contributed by atoms with Crippen LogP contribution in [0, 0.1) is 13.8 Å². The molecule has 2 saturated heterocycles. The summed E-state index contributed by atoms with van der Waals surface area (Å²) in [4.78, 5) is 29.0. The predicted molar refractivity (Wildman–Crippen MR) is 96.1 cm³/mol. The van der Waals surface area contributed by atoms with Crippen LogP contribution >= 0.6 is 0 Å². The maximum absolute atomic E-state index is 12.7. The lowest BCUT2D eigenvalue weighted by Crippen LogP contribution is -2.48. The lowest BCUT2D eigenvalue weighted by molar-refractivity contribution is 0.0259. The largest absolute Gasteiger partial charge is 0.466 e. The van der Waals surface area contributed by atoms with Crippen molar-refractivity contribution in [1.29, 1.82) is 0 Å². The fraction of sp³-hybridized carbons (Fsp3) is 0.700. The molecule has 6 heteroatoms. The highest BCUT2D eigenvalue weighted by Crippen LogP contribution is 2.38. The van der Waals surface area contributed by atoms with Crippen LogP contribution in [-0.2, 0) is 4.74 Å². The highest BCUT2D eigenvalue weighted by molar-refractivity contribution is 5.95. The van der Waals surface area contributed by atoms with Gasteiger partial charge in [0, 0.05) is 19.1 Å². The average Bonchev–Trinajstić information content (AvgIpc) is 3.14. The second-order valence-corrected chi connectivity index (χ2v) is 8.09. The molecule has 1 aromatic rings. The van der Waals surface area contributed by atoms with Gasteiger partial charge in [-0.15, -0.1) is 0 Å². The first kappa shape index (κ1) is 17.4. The molecule has 3 heterocycles. The molecule has 1 saturated carbocycles. The molecule has 1 spiro atoms. The number of ether oxygens (including phenoxy) is 1. The third-order valence-corrected chi connectivity index (χ3v) is 6.23. The van der Waals surface area contributed by atoms with Crippen molar-refractivity contribution in [2.24, 2.45) is 0 Å². The highest BCUT2D eigenvalue weighted by Gasteiger charge is 2.48. The molecule has 0 unspecified atom stereocenters. The summed E-state index contributed by atoms with van der Waals surface area (Å²) in [5.41, 5.74) is 0.413. The average molecular weight is 360 g/mol. The summed E-state index contributed by atoms with van der Waals surface area (Å²) in [5, 5.41) is 0. The third kappa shape index (κ3) is 3.10. The van der Waals surface area contributed by atoms with Gasteiger partial charge in [0.2, 0.25) is 0 Å². The lowest BCUT2D eigenvalue weighted by atomic mass is 9.84. The van der Waals surface area contributed by atoms with Gasteiger partial charge in [0.1, 0.15) is 17.1 Å². The van der Waals surface area contributed by atoms with Crippen LogP contribution in [0.1, 0.15) is 66.8 Å². The van der Waals surface area contributed by atoms with E-state index in [9.17, 15) is 9.59 Å². The van der Waals surface area contributed by atoms with Crippen molar-refractivity contribution < 1.29 is 18.7 Å². The number of hydrogen-bond donors (Lipinski definition) is 0. The van der Waals surface area contributed by atoms with Gasteiger partial charge in [0.05, 0.1) is 12.1 Å². The minimum atomic E-state index is -0.242. The Labute approximate surface area is 154 Å². The van der Waals surface area contributed by atoms with Crippen LogP contribution in [0.25, 0.3) is 0 Å². The summed E-state index contributed by atoms with van der Waals surface area (Å²) in [6, 6.07) is 1.99. The number of likely N-dealkylation sites (tertiary alicyclic amines) is 1. The van der Waals surface area contributed by atoms with E-state index < -0.39 is 0 Å². The van der Waals surface area contributed by atoms with Crippen molar-refractivity contribution in [3.05, 3.63) is 23.2 Å². The summed E-state index contributed by atoms with van der Waals surface area (Å²) >= 11 is 0. The zero-order valence-electron chi connectivity index (χ0n) is 15.8. The number of carbonyl (C=O) groups excluding carboxylic acids is 2. The van der Waals surface area contributed by atoms with Crippen LogP contribution in [-0.4, -0.2) is 53.1 Å². The van der Waals surface area contributed by atoms with Crippen LogP contribution in [0.15, 0.2) is 10.5 Å². The fourth-order valence-electron chi connectivity index (χ4n) is 4.78. The second-order valence-electron chi connectivity index (χ2n) is 8.09. The number of rotatable bonds is 2. The molecule has 142 valence electrons. The first-order chi connectivity index (χ1) is 12.5. The standard InChI is InChI=1S/C20H28N2O4/c1-14-12-17(15(2)25-14)18(23)21-10-6-16(7-11-21)22-13-20(26-19(22)24)8-4-3-5-9-20/h12,16H,3-11,13H2,1-2H3. The predicted octanol–water partition coefficient (Wildman–Crippen LogP) is 3.66. The molecule has 4 rings (SSSR count). The summed E-state index contributed by atoms with van der Waals surface area (Å²) in [7, 11) is 0. The highest BCUT2D eigenvalue weighted by atomic mass is 16.6. The van der Waals surface area contributed by atoms with Gasteiger partial charge in [-0.2, -0.15) is 0 Å². The van der Waals surface area contributed by atoms with Crippen LogP contribution in [0.5, 0.6) is 0 Å². The topological polar surface area (TPSA) is 63.0 Å². The van der Waals surface area contributed by atoms with E-state index in [1.165, 1.54) is 6.42 Å². The number of furan rings is 1. The van der Waals surface area contributed by atoms with Crippen molar-refractivity contribution in [3.8, 4) is 0 Å². The van der Waals surface area contributed by atoms with Crippen LogP contribution in [0.3, 0.4) is 0 Å². The van der Waals surface area contributed by atoms with Crippen molar-refractivity contribution in [2.45, 2.75) is 70.4 Å². The van der Waals surface area contributed by atoms with E-state index in [-0.39, 0.29) is 23.6 Å². The van der Waals surface area contributed by atoms with E-state index in [4.69, 9.17) is 9.15 Å². The molecular formula is C20H28N2O4. The molecule has 0 aromatic carbocycles. The number of carbonyl (C=O) groups is 2. The third-order valence-electron chi connectivity index (χ3n) is 6.23. The van der Waals surface area contributed by atoms with E-state index in [2.05, 4.69) is 0 Å². The lowest BCUT2D eigenvalue weighted by Gasteiger charge is -2.36. The Balaban J connectivity index is 1.37. The van der Waals surface area contributed by atoms with Gasteiger partial charge in [-0.05, 0) is 58.4 Å². The minimum absolute atomic E-state index is 0.0329. The summed E-state index contributed by atoms with van der Waals surface area (Å²) in [6.07, 6.45) is 7.00. The fourth-order valence-corrected chi connectivity index (χ4v) is 4.78. The molecule has 6 nitrogen and oxygen atoms in total. The molecule has 0 N–H and O–H groups in total. The summed E-state index contributed by atoms with van der Waals surface area (Å²) < 4.78 is 11.3. The van der Waals surface area contributed by atoms with Gasteiger partial charge in [-0.25, -0.2) is 4.79 Å². The molecule has 3 aliphatic rings. The van der Waals surface area contributed by atoms with Gasteiger partial charge in [0.15, 0.2) is 0 Å². The number of piperidine rings is 1. The summed E-state index contributed by atoms with van der Waals surface area (Å²) in [6.45, 7) is 5.76. The van der Waals surface area contributed by atoms with Gasteiger partial charge in [-0.3, -0.25) is 4.79 Å². The van der Waals surface area contributed by atoms with Crippen LogP contribution in [0.2, 0.25) is 0 Å². The molecule has 0 radical (unpaired) electrons. The molecular weight excluding hydrogens is 332 g/mol. The summed E-state index contributed by atoms with van der Waals surface area (Å²) in [5.74, 6) is 1.47. The Morgan fingerprint density at radius 2 is 1.85 bits per heavy atom. The normalized spacial score (nSPS) is 23.5. The van der Waals surface area contributed by atoms with E-state index in [0.717, 1.165) is 50.8 Å². The van der Waals surface area contributed by atoms with Crippen LogP contribution < -0.4 is 0 Å². The van der Waals surface area contributed by atoms with Crippen molar-refractivity contribution >= 4 is 12.0 Å². The maximum Gasteiger partial charge on any atom is 0.410 e. The molecule has 1 aromatic heterocycles. The molecule has 2 aliphatic heterocycles. The number of amides is 2. The number of hydrogen-bond acceptors (Lipinski definition) is 4. The van der Waals surface area contributed by atoms with Gasteiger partial charge >= 0.3 is 6.09 Å². The Bertz CT molecular complexity index is 697. The molecule has 26 heavy (non-hydrogen) atoms.